The molecule has 2 heterocycles. The number of benzene rings is 1. The first-order valence-electron chi connectivity index (χ1n) is 6.74. The van der Waals surface area contributed by atoms with Crippen LogP contribution in [0, 0.1) is 5.82 Å². The van der Waals surface area contributed by atoms with Crippen LogP contribution in [0.1, 0.15) is 5.56 Å². The van der Waals surface area contributed by atoms with E-state index >= 15 is 0 Å². The van der Waals surface area contributed by atoms with Gasteiger partial charge in [0.15, 0.2) is 11.6 Å². The van der Waals surface area contributed by atoms with Crippen LogP contribution in [0.5, 0.6) is 5.75 Å². The van der Waals surface area contributed by atoms with Gasteiger partial charge in [-0.1, -0.05) is 6.07 Å². The Balaban J connectivity index is 1.80. The Hall–Kier alpha value is -1.25. The van der Waals surface area contributed by atoms with Crippen molar-refractivity contribution in [2.75, 3.05) is 18.6 Å². The number of carboxylic acid groups (broad SMARTS) is 1. The van der Waals surface area contributed by atoms with Crippen molar-refractivity contribution in [1.82, 2.24) is 4.90 Å². The summed E-state index contributed by atoms with van der Waals surface area (Å²) >= 11 is 3.04. The third-order valence-electron chi connectivity index (χ3n) is 3.82. The van der Waals surface area contributed by atoms with Gasteiger partial charge in [0, 0.05) is 11.5 Å². The third kappa shape index (κ3) is 2.70. The summed E-state index contributed by atoms with van der Waals surface area (Å²) in [5.41, 5.74) is 0.396. The van der Waals surface area contributed by atoms with Gasteiger partial charge in [-0.25, -0.2) is 4.39 Å². The molecule has 2 N–H and O–H groups in total. The molecule has 0 radical (unpaired) electrons. The molecule has 1 saturated heterocycles. The molecule has 22 heavy (non-hydrogen) atoms. The zero-order valence-electron chi connectivity index (χ0n) is 11.8. The molecule has 0 spiro atoms. The molecular formula is C14H15FN2O3S2. The summed E-state index contributed by atoms with van der Waals surface area (Å²) in [6.45, 7) is 0. The summed E-state index contributed by atoms with van der Waals surface area (Å²) in [6.07, 6.45) is 0. The highest BCUT2D eigenvalue weighted by Crippen LogP contribution is 2.37. The third-order valence-corrected chi connectivity index (χ3v) is 6.43. The Labute approximate surface area is 135 Å². The maximum Gasteiger partial charge on any atom is 0.321 e. The number of phenols is 1. The fourth-order valence-electron chi connectivity index (χ4n) is 2.60. The van der Waals surface area contributed by atoms with E-state index in [1.165, 1.54) is 23.9 Å². The number of halogens is 1. The minimum Gasteiger partial charge on any atom is -0.504 e. The van der Waals surface area contributed by atoms with Crippen LogP contribution in [0.2, 0.25) is 0 Å². The minimum atomic E-state index is -0.824. The number of hydrogen-bond donors (Lipinski definition) is 2. The zero-order valence-corrected chi connectivity index (χ0v) is 13.4. The van der Waals surface area contributed by atoms with Crippen molar-refractivity contribution in [3.05, 3.63) is 29.6 Å². The topological polar surface area (TPSA) is 73.1 Å². The molecule has 5 nitrogen and oxygen atoms in total. The summed E-state index contributed by atoms with van der Waals surface area (Å²) in [5, 5.41) is 19.6. The molecule has 0 unspecified atom stereocenters. The van der Waals surface area contributed by atoms with E-state index in [2.05, 4.69) is 4.99 Å². The van der Waals surface area contributed by atoms with Crippen molar-refractivity contribution < 1.29 is 19.4 Å². The lowest BCUT2D eigenvalue weighted by atomic mass is 10.2. The highest BCUT2D eigenvalue weighted by atomic mass is 32.2. The molecule has 2 aliphatic rings. The first-order valence-corrected chi connectivity index (χ1v) is 8.77. The average molecular weight is 342 g/mol. The van der Waals surface area contributed by atoms with Crippen LogP contribution >= 0.6 is 23.5 Å². The van der Waals surface area contributed by atoms with Gasteiger partial charge in [0.1, 0.15) is 11.1 Å². The van der Waals surface area contributed by atoms with Gasteiger partial charge in [-0.05, 0) is 19.2 Å². The van der Waals surface area contributed by atoms with Gasteiger partial charge in [-0.3, -0.25) is 14.7 Å². The fraction of sp³-hybridized carbons (Fsp3) is 0.429. The van der Waals surface area contributed by atoms with Gasteiger partial charge in [0.2, 0.25) is 0 Å². The number of thioether (sulfide) groups is 2. The first-order chi connectivity index (χ1) is 10.5. The van der Waals surface area contributed by atoms with Gasteiger partial charge in [-0.2, -0.15) is 0 Å². The second-order valence-electron chi connectivity index (χ2n) is 5.19. The number of aliphatic imine (C=N–C) groups is 1. The zero-order chi connectivity index (χ0) is 15.9. The largest absolute Gasteiger partial charge is 0.504 e. The number of phenolic OH excluding ortho intramolecular Hbond substituents is 1. The van der Waals surface area contributed by atoms with E-state index in [0.29, 0.717) is 22.1 Å². The summed E-state index contributed by atoms with van der Waals surface area (Å²) in [5.74, 6) is -0.643. The molecule has 2 aliphatic heterocycles. The highest BCUT2D eigenvalue weighted by Gasteiger charge is 2.41. The van der Waals surface area contributed by atoms with Crippen LogP contribution in [-0.4, -0.2) is 62.1 Å². The Bertz CT molecular complexity index is 641. The van der Waals surface area contributed by atoms with Gasteiger partial charge < -0.3 is 10.2 Å². The first kappa shape index (κ1) is 15.6. The van der Waals surface area contributed by atoms with Crippen molar-refractivity contribution in [2.24, 2.45) is 4.99 Å². The van der Waals surface area contributed by atoms with Crippen LogP contribution in [0.4, 0.5) is 4.39 Å². The van der Waals surface area contributed by atoms with Crippen molar-refractivity contribution in [2.45, 2.75) is 17.5 Å². The van der Waals surface area contributed by atoms with Gasteiger partial charge in [0.05, 0.1) is 17.0 Å². The van der Waals surface area contributed by atoms with E-state index in [4.69, 9.17) is 0 Å². The Kier molecular flexibility index (Phi) is 4.33. The molecule has 1 aromatic carbocycles. The fourth-order valence-corrected chi connectivity index (χ4v) is 5.36. The monoisotopic (exact) mass is 342 g/mol. The molecule has 118 valence electrons. The van der Waals surface area contributed by atoms with Crippen molar-refractivity contribution >= 4 is 34.5 Å². The lowest BCUT2D eigenvalue weighted by Crippen LogP contribution is -2.42. The summed E-state index contributed by atoms with van der Waals surface area (Å²) in [4.78, 5) is 17.6. The molecule has 0 amide bonds. The molecule has 3 rings (SSSR count). The molecule has 0 aliphatic carbocycles. The van der Waals surface area contributed by atoms with E-state index in [0.717, 1.165) is 0 Å². The standard InChI is InChI=1S/C14H15FN2O3S2/c1-17-10(14(19)20)6-22-13(17)9-5-21-12(16-9)7-3-2-4-8(15)11(7)18/h2-4,9-10,13,18H,5-6H2,1H3,(H,19,20)/t9-,10-,13+/m1/s1. The van der Waals surface area contributed by atoms with Crippen molar-refractivity contribution in [3.8, 4) is 5.75 Å². The average Bonchev–Trinajstić information content (AvgIpc) is 3.08. The van der Waals surface area contributed by atoms with E-state index in [9.17, 15) is 19.4 Å². The number of nitrogens with zero attached hydrogens (tertiary/aromatic N) is 2. The number of aromatic hydroxyl groups is 1. The van der Waals surface area contributed by atoms with Crippen LogP contribution in [-0.2, 0) is 4.79 Å². The maximum atomic E-state index is 13.4. The summed E-state index contributed by atoms with van der Waals surface area (Å²) in [7, 11) is 1.79. The van der Waals surface area contributed by atoms with E-state index in [1.54, 1.807) is 24.9 Å². The van der Waals surface area contributed by atoms with Gasteiger partial charge in [-0.15, -0.1) is 23.5 Å². The number of para-hydroxylation sites is 1. The second-order valence-corrected chi connectivity index (χ2v) is 7.35. The normalized spacial score (nSPS) is 28.8. The number of hydrogen-bond acceptors (Lipinski definition) is 6. The lowest BCUT2D eigenvalue weighted by molar-refractivity contribution is -0.141. The van der Waals surface area contributed by atoms with Crippen molar-refractivity contribution in [1.29, 1.82) is 0 Å². The SMILES string of the molecule is CN1[C@@H](C(=O)O)CS[C@H]1[C@H]1CSC(c2cccc(F)c2O)=N1. The minimum absolute atomic E-state index is 0.0122. The number of likely N-dealkylation sites (N-methyl/N-ethyl adjacent to an activating group) is 1. The number of carbonyl (C=O) groups is 1. The van der Waals surface area contributed by atoms with Crippen LogP contribution in [0.15, 0.2) is 23.2 Å². The number of carboxylic acids is 1. The van der Waals surface area contributed by atoms with E-state index in [1.807, 2.05) is 4.90 Å². The Morgan fingerprint density at radius 3 is 2.91 bits per heavy atom. The summed E-state index contributed by atoms with van der Waals surface area (Å²) in [6, 6.07) is 3.81. The van der Waals surface area contributed by atoms with Crippen LogP contribution in [0.25, 0.3) is 0 Å². The highest BCUT2D eigenvalue weighted by molar-refractivity contribution is 8.14. The molecule has 1 fully saturated rings. The molecule has 1 aromatic rings. The maximum absolute atomic E-state index is 13.4. The lowest BCUT2D eigenvalue weighted by Gasteiger charge is -2.24. The smallest absolute Gasteiger partial charge is 0.321 e. The molecule has 0 saturated carbocycles. The molecule has 3 atom stereocenters. The van der Waals surface area contributed by atoms with Crippen LogP contribution < -0.4 is 0 Å². The van der Waals surface area contributed by atoms with Crippen molar-refractivity contribution in [3.63, 3.8) is 0 Å². The molecule has 0 bridgehead atoms. The van der Waals surface area contributed by atoms with Gasteiger partial charge in [0.25, 0.3) is 0 Å². The molecule has 8 heteroatoms. The Morgan fingerprint density at radius 1 is 1.45 bits per heavy atom. The Morgan fingerprint density at radius 2 is 2.23 bits per heavy atom. The summed E-state index contributed by atoms with van der Waals surface area (Å²) < 4.78 is 13.4. The van der Waals surface area contributed by atoms with Gasteiger partial charge >= 0.3 is 5.97 Å². The quantitative estimate of drug-likeness (QED) is 0.873. The van der Waals surface area contributed by atoms with E-state index in [-0.39, 0.29) is 17.2 Å². The predicted octanol–water partition coefficient (Wildman–Crippen LogP) is 1.85. The molecule has 0 aromatic heterocycles. The van der Waals surface area contributed by atoms with E-state index < -0.39 is 17.8 Å². The second kappa shape index (κ2) is 6.10. The predicted molar refractivity (Wildman–Crippen MR) is 86.3 cm³/mol. The number of aliphatic carboxylic acids is 1. The molecular weight excluding hydrogens is 327 g/mol. The number of rotatable bonds is 3. The van der Waals surface area contributed by atoms with Crippen LogP contribution in [0.3, 0.4) is 0 Å².